The molecule has 0 radical (unpaired) electrons. The Morgan fingerprint density at radius 1 is 1.24 bits per heavy atom. The number of hydrogen-bond acceptors (Lipinski definition) is 6. The number of aliphatic hydroxyl groups excluding tert-OH is 1. The Kier molecular flexibility index (Phi) is 5.50. The summed E-state index contributed by atoms with van der Waals surface area (Å²) in [5.74, 6) is 1.75. The van der Waals surface area contributed by atoms with Gasteiger partial charge in [0.15, 0.2) is 0 Å². The van der Waals surface area contributed by atoms with Crippen molar-refractivity contribution in [3.63, 3.8) is 0 Å². The minimum atomic E-state index is -0.532. The molecule has 0 aliphatic carbocycles. The molecule has 0 saturated carbocycles. The second-order valence-electron chi connectivity index (χ2n) is 6.78. The van der Waals surface area contributed by atoms with E-state index in [4.69, 9.17) is 4.74 Å². The Morgan fingerprint density at radius 2 is 2.00 bits per heavy atom. The van der Waals surface area contributed by atoms with Gasteiger partial charge in [-0.15, -0.1) is 0 Å². The van der Waals surface area contributed by atoms with E-state index in [9.17, 15) is 5.11 Å². The zero-order chi connectivity index (χ0) is 17.8. The number of ether oxygens (including phenoxy) is 1. The molecule has 0 spiro atoms. The van der Waals surface area contributed by atoms with Crippen LogP contribution in [0.2, 0.25) is 0 Å². The van der Waals surface area contributed by atoms with Gasteiger partial charge in [0.25, 0.3) is 0 Å². The number of aromatic nitrogens is 2. The van der Waals surface area contributed by atoms with Gasteiger partial charge in [-0.3, -0.25) is 4.90 Å². The summed E-state index contributed by atoms with van der Waals surface area (Å²) in [5, 5.41) is 10.3. The first-order valence-electron chi connectivity index (χ1n) is 8.63. The van der Waals surface area contributed by atoms with Crippen molar-refractivity contribution in [1.82, 2.24) is 14.9 Å². The molecule has 2 aromatic rings. The maximum Gasteiger partial charge on any atom is 0.136 e. The molecule has 1 atom stereocenters. The monoisotopic (exact) mass is 342 g/mol. The van der Waals surface area contributed by atoms with Crippen molar-refractivity contribution in [2.45, 2.75) is 26.0 Å². The molecular weight excluding hydrogens is 316 g/mol. The summed E-state index contributed by atoms with van der Waals surface area (Å²) in [6, 6.07) is 7.87. The van der Waals surface area contributed by atoms with Crippen LogP contribution in [-0.4, -0.2) is 59.9 Å². The molecule has 1 aromatic carbocycles. The molecule has 6 nitrogen and oxygen atoms in total. The van der Waals surface area contributed by atoms with Gasteiger partial charge in [-0.25, -0.2) is 9.97 Å². The number of hydrogen-bond donors (Lipinski definition) is 1. The highest BCUT2D eigenvalue weighted by atomic mass is 16.5. The Bertz CT molecular complexity index is 703. The summed E-state index contributed by atoms with van der Waals surface area (Å²) in [7, 11) is 3.98. The number of benzene rings is 1. The third-order valence-corrected chi connectivity index (χ3v) is 4.41. The van der Waals surface area contributed by atoms with Gasteiger partial charge in [-0.1, -0.05) is 17.7 Å². The summed E-state index contributed by atoms with van der Waals surface area (Å²) < 4.78 is 5.69. The third kappa shape index (κ3) is 4.46. The second-order valence-corrected chi connectivity index (χ2v) is 6.78. The maximum absolute atomic E-state index is 10.3. The Morgan fingerprint density at radius 3 is 2.72 bits per heavy atom. The predicted octanol–water partition coefficient (Wildman–Crippen LogP) is 1.65. The molecule has 0 fully saturated rings. The number of anilines is 1. The smallest absolute Gasteiger partial charge is 0.136 e. The van der Waals surface area contributed by atoms with E-state index in [2.05, 4.69) is 14.9 Å². The topological polar surface area (TPSA) is 61.7 Å². The Balaban J connectivity index is 1.56. The molecule has 3 rings (SSSR count). The fourth-order valence-electron chi connectivity index (χ4n) is 3.10. The van der Waals surface area contributed by atoms with Crippen molar-refractivity contribution in [3.8, 4) is 5.75 Å². The molecule has 1 N–H and O–H groups in total. The van der Waals surface area contributed by atoms with Crippen LogP contribution < -0.4 is 9.64 Å². The lowest BCUT2D eigenvalue weighted by Crippen LogP contribution is -2.39. The highest BCUT2D eigenvalue weighted by Crippen LogP contribution is 2.24. The highest BCUT2D eigenvalue weighted by molar-refractivity contribution is 5.48. The van der Waals surface area contributed by atoms with Crippen LogP contribution in [0.1, 0.15) is 16.8 Å². The second kappa shape index (κ2) is 7.80. The molecule has 1 aliphatic rings. The van der Waals surface area contributed by atoms with Gasteiger partial charge in [0.2, 0.25) is 0 Å². The van der Waals surface area contributed by atoms with Crippen LogP contribution in [-0.2, 0) is 13.0 Å². The first-order valence-corrected chi connectivity index (χ1v) is 8.63. The molecule has 1 aromatic heterocycles. The number of rotatable bonds is 6. The van der Waals surface area contributed by atoms with Crippen molar-refractivity contribution in [2.75, 3.05) is 38.7 Å². The molecule has 134 valence electrons. The van der Waals surface area contributed by atoms with Crippen molar-refractivity contribution >= 4 is 5.82 Å². The lowest BCUT2D eigenvalue weighted by Gasteiger charge is -2.31. The maximum atomic E-state index is 10.3. The minimum Gasteiger partial charge on any atom is -0.491 e. The summed E-state index contributed by atoms with van der Waals surface area (Å²) in [6.07, 6.45) is 1.98. The standard InChI is InChI=1S/C19H26N4O2/c1-14-4-6-16(7-5-14)25-12-15(24)10-23-9-8-18-17(11-23)19(22(2)3)21-13-20-18/h4-7,13,15,24H,8-12H2,1-3H3. The number of aliphatic hydroxyl groups is 1. The molecule has 6 heteroatoms. The van der Waals surface area contributed by atoms with E-state index in [0.29, 0.717) is 6.54 Å². The van der Waals surface area contributed by atoms with E-state index in [-0.39, 0.29) is 6.61 Å². The number of fused-ring (bicyclic) bond motifs is 1. The predicted molar refractivity (Wildman–Crippen MR) is 98.0 cm³/mol. The van der Waals surface area contributed by atoms with Crippen LogP contribution in [0.15, 0.2) is 30.6 Å². The van der Waals surface area contributed by atoms with Gasteiger partial charge in [-0.2, -0.15) is 0 Å². The lowest BCUT2D eigenvalue weighted by atomic mass is 10.1. The molecule has 0 amide bonds. The van der Waals surface area contributed by atoms with Crippen molar-refractivity contribution in [3.05, 3.63) is 47.4 Å². The first kappa shape index (κ1) is 17.6. The lowest BCUT2D eigenvalue weighted by molar-refractivity contribution is 0.0635. The molecule has 25 heavy (non-hydrogen) atoms. The van der Waals surface area contributed by atoms with Crippen molar-refractivity contribution in [2.24, 2.45) is 0 Å². The average molecular weight is 342 g/mol. The van der Waals surface area contributed by atoms with Crippen LogP contribution in [0.25, 0.3) is 0 Å². The SMILES string of the molecule is Cc1ccc(OCC(O)CN2CCc3ncnc(N(C)C)c3C2)cc1. The summed E-state index contributed by atoms with van der Waals surface area (Å²) >= 11 is 0. The van der Waals surface area contributed by atoms with E-state index >= 15 is 0 Å². The molecule has 2 heterocycles. The van der Waals surface area contributed by atoms with Crippen molar-refractivity contribution < 1.29 is 9.84 Å². The molecule has 1 aliphatic heterocycles. The fourth-order valence-corrected chi connectivity index (χ4v) is 3.10. The normalized spacial score (nSPS) is 15.5. The minimum absolute atomic E-state index is 0.290. The van der Waals surface area contributed by atoms with E-state index in [1.54, 1.807) is 6.33 Å². The quantitative estimate of drug-likeness (QED) is 0.861. The van der Waals surface area contributed by atoms with Crippen LogP contribution in [0.3, 0.4) is 0 Å². The molecule has 0 bridgehead atoms. The summed E-state index contributed by atoms with van der Waals surface area (Å²) in [6.45, 7) is 4.55. The zero-order valence-corrected chi connectivity index (χ0v) is 15.1. The van der Waals surface area contributed by atoms with Crippen LogP contribution >= 0.6 is 0 Å². The Labute approximate surface area is 149 Å². The van der Waals surface area contributed by atoms with Gasteiger partial charge < -0.3 is 14.7 Å². The van der Waals surface area contributed by atoms with E-state index < -0.39 is 6.10 Å². The molecule has 1 unspecified atom stereocenters. The van der Waals surface area contributed by atoms with Gasteiger partial charge in [0, 0.05) is 45.7 Å². The van der Waals surface area contributed by atoms with Crippen LogP contribution in [0.4, 0.5) is 5.82 Å². The van der Waals surface area contributed by atoms with E-state index in [0.717, 1.165) is 42.3 Å². The number of nitrogens with zero attached hydrogens (tertiary/aromatic N) is 4. The van der Waals surface area contributed by atoms with Gasteiger partial charge in [-0.05, 0) is 19.1 Å². The zero-order valence-electron chi connectivity index (χ0n) is 15.1. The summed E-state index contributed by atoms with van der Waals surface area (Å²) in [4.78, 5) is 13.0. The van der Waals surface area contributed by atoms with E-state index in [1.807, 2.05) is 50.2 Å². The fraction of sp³-hybridized carbons (Fsp3) is 0.474. The number of aryl methyl sites for hydroxylation is 1. The largest absolute Gasteiger partial charge is 0.491 e. The van der Waals surface area contributed by atoms with Crippen LogP contribution in [0.5, 0.6) is 5.75 Å². The van der Waals surface area contributed by atoms with E-state index in [1.165, 1.54) is 5.56 Å². The highest BCUT2D eigenvalue weighted by Gasteiger charge is 2.23. The molecular formula is C19H26N4O2. The first-order chi connectivity index (χ1) is 12.0. The van der Waals surface area contributed by atoms with Crippen LogP contribution in [0, 0.1) is 6.92 Å². The average Bonchev–Trinajstić information content (AvgIpc) is 2.60. The van der Waals surface area contributed by atoms with Gasteiger partial charge >= 0.3 is 0 Å². The van der Waals surface area contributed by atoms with Crippen molar-refractivity contribution in [1.29, 1.82) is 0 Å². The third-order valence-electron chi connectivity index (χ3n) is 4.41. The Hall–Kier alpha value is -2.18. The summed E-state index contributed by atoms with van der Waals surface area (Å²) in [5.41, 5.74) is 3.46. The van der Waals surface area contributed by atoms with Gasteiger partial charge in [0.05, 0.1) is 5.69 Å². The van der Waals surface area contributed by atoms with Gasteiger partial charge in [0.1, 0.15) is 30.6 Å². The number of β-amino-alcohol motifs (C(OH)–C–C–N with tert-alkyl or cyclic N) is 1. The molecule has 0 saturated heterocycles.